The SMILES string of the molecule is CCOc1cc([C@H]2C(C(=O)OCCSCC)=C(C)NC3=C2C(=O)C[C@@H](c2ccc(Cl)cc2)C3)ccc1O. The van der Waals surface area contributed by atoms with Crippen LogP contribution in [0, 0.1) is 0 Å². The highest BCUT2D eigenvalue weighted by Gasteiger charge is 2.41. The number of ketones is 1. The highest BCUT2D eigenvalue weighted by molar-refractivity contribution is 7.99. The zero-order valence-electron chi connectivity index (χ0n) is 21.3. The molecule has 2 aromatic rings. The molecule has 2 atom stereocenters. The molecule has 196 valence electrons. The quantitative estimate of drug-likeness (QED) is 0.293. The predicted octanol–water partition coefficient (Wildman–Crippen LogP) is 6.10. The Labute approximate surface area is 227 Å². The summed E-state index contributed by atoms with van der Waals surface area (Å²) in [6, 6.07) is 12.6. The van der Waals surface area contributed by atoms with Gasteiger partial charge in [-0.1, -0.05) is 36.7 Å². The van der Waals surface area contributed by atoms with Crippen LogP contribution in [0.4, 0.5) is 0 Å². The van der Waals surface area contributed by atoms with Crippen molar-refractivity contribution in [2.75, 3.05) is 24.7 Å². The third-order valence-electron chi connectivity index (χ3n) is 6.67. The molecule has 0 radical (unpaired) electrons. The summed E-state index contributed by atoms with van der Waals surface area (Å²) in [6.45, 7) is 6.40. The molecule has 0 saturated heterocycles. The summed E-state index contributed by atoms with van der Waals surface area (Å²) in [7, 11) is 0. The van der Waals surface area contributed by atoms with E-state index in [9.17, 15) is 14.7 Å². The van der Waals surface area contributed by atoms with Crippen LogP contribution in [0.2, 0.25) is 5.02 Å². The van der Waals surface area contributed by atoms with Crippen LogP contribution in [0.25, 0.3) is 0 Å². The Morgan fingerprint density at radius 2 is 1.86 bits per heavy atom. The highest BCUT2D eigenvalue weighted by atomic mass is 35.5. The normalized spacial score (nSPS) is 19.4. The van der Waals surface area contributed by atoms with E-state index < -0.39 is 11.9 Å². The molecular formula is C29H32ClNO5S. The summed E-state index contributed by atoms with van der Waals surface area (Å²) in [5, 5.41) is 14.3. The van der Waals surface area contributed by atoms with E-state index in [4.69, 9.17) is 21.1 Å². The Morgan fingerprint density at radius 1 is 1.14 bits per heavy atom. The average Bonchev–Trinajstić information content (AvgIpc) is 2.87. The Hall–Kier alpha value is -2.90. The first kappa shape index (κ1) is 27.1. The van der Waals surface area contributed by atoms with Crippen LogP contribution in [0.1, 0.15) is 56.6 Å². The van der Waals surface area contributed by atoms with Crippen LogP contribution in [-0.4, -0.2) is 41.6 Å². The Morgan fingerprint density at radius 3 is 2.57 bits per heavy atom. The molecule has 2 N–H and O–H groups in total. The number of carbonyl (C=O) groups is 2. The summed E-state index contributed by atoms with van der Waals surface area (Å²) in [6.07, 6.45) is 0.950. The molecule has 37 heavy (non-hydrogen) atoms. The molecule has 2 aliphatic rings. The zero-order valence-corrected chi connectivity index (χ0v) is 22.9. The third kappa shape index (κ3) is 5.99. The van der Waals surface area contributed by atoms with E-state index in [1.165, 1.54) is 0 Å². The zero-order chi connectivity index (χ0) is 26.5. The second-order valence-electron chi connectivity index (χ2n) is 9.06. The van der Waals surface area contributed by atoms with Crippen molar-refractivity contribution in [1.82, 2.24) is 5.32 Å². The van der Waals surface area contributed by atoms with E-state index in [2.05, 4.69) is 12.2 Å². The molecule has 0 bridgehead atoms. The molecule has 0 unspecified atom stereocenters. The maximum atomic E-state index is 13.7. The number of rotatable bonds is 9. The van der Waals surface area contributed by atoms with Gasteiger partial charge in [-0.15, -0.1) is 0 Å². The van der Waals surface area contributed by atoms with Gasteiger partial charge in [-0.2, -0.15) is 11.8 Å². The van der Waals surface area contributed by atoms with E-state index in [1.54, 1.807) is 30.0 Å². The number of carbonyl (C=O) groups excluding carboxylic acids is 2. The number of phenols is 1. The lowest BCUT2D eigenvalue weighted by molar-refractivity contribution is -0.138. The molecule has 1 aliphatic carbocycles. The second kappa shape index (κ2) is 12.1. The number of nitrogens with one attached hydrogen (secondary N) is 1. The number of dihydropyridines is 1. The van der Waals surface area contributed by atoms with Crippen molar-refractivity contribution in [3.63, 3.8) is 0 Å². The number of thioether (sulfide) groups is 1. The fourth-order valence-corrected chi connectivity index (χ4v) is 5.63. The van der Waals surface area contributed by atoms with Crippen LogP contribution in [0.5, 0.6) is 11.5 Å². The number of ether oxygens (including phenoxy) is 2. The molecule has 0 aromatic heterocycles. The second-order valence-corrected chi connectivity index (χ2v) is 10.9. The first-order valence-electron chi connectivity index (χ1n) is 12.5. The molecule has 1 aliphatic heterocycles. The van der Waals surface area contributed by atoms with Crippen molar-refractivity contribution >= 4 is 35.1 Å². The average molecular weight is 542 g/mol. The van der Waals surface area contributed by atoms with Crippen molar-refractivity contribution in [3.05, 3.63) is 81.2 Å². The van der Waals surface area contributed by atoms with Gasteiger partial charge in [-0.25, -0.2) is 4.79 Å². The van der Waals surface area contributed by atoms with Gasteiger partial charge in [-0.3, -0.25) is 4.79 Å². The van der Waals surface area contributed by atoms with E-state index in [-0.39, 0.29) is 17.5 Å². The maximum absolute atomic E-state index is 13.7. The first-order valence-corrected chi connectivity index (χ1v) is 14.1. The van der Waals surface area contributed by atoms with Crippen LogP contribution in [-0.2, 0) is 14.3 Å². The number of esters is 1. The Kier molecular flexibility index (Phi) is 8.87. The van der Waals surface area contributed by atoms with Gasteiger partial charge in [0.1, 0.15) is 6.61 Å². The number of benzene rings is 2. The molecule has 8 heteroatoms. The molecule has 0 spiro atoms. The van der Waals surface area contributed by atoms with E-state index >= 15 is 0 Å². The van der Waals surface area contributed by atoms with Crippen LogP contribution in [0.3, 0.4) is 0 Å². The van der Waals surface area contributed by atoms with Crippen LogP contribution >= 0.6 is 23.4 Å². The third-order valence-corrected chi connectivity index (χ3v) is 7.79. The molecule has 0 amide bonds. The molecule has 0 fully saturated rings. The molecule has 0 saturated carbocycles. The van der Waals surface area contributed by atoms with E-state index in [1.807, 2.05) is 38.1 Å². The fraction of sp³-hybridized carbons (Fsp3) is 0.379. The largest absolute Gasteiger partial charge is 0.504 e. The lowest BCUT2D eigenvalue weighted by atomic mass is 9.71. The maximum Gasteiger partial charge on any atom is 0.336 e. The summed E-state index contributed by atoms with van der Waals surface area (Å²) >= 11 is 7.77. The van der Waals surface area contributed by atoms with Crippen molar-refractivity contribution < 1.29 is 24.2 Å². The number of allylic oxidation sites excluding steroid dienone is 3. The molecule has 2 aromatic carbocycles. The van der Waals surface area contributed by atoms with Gasteiger partial charge in [0, 0.05) is 40.1 Å². The van der Waals surface area contributed by atoms with Crippen molar-refractivity contribution in [3.8, 4) is 11.5 Å². The van der Waals surface area contributed by atoms with E-state index in [0.717, 1.165) is 17.0 Å². The number of Topliss-reactive ketones (excluding diaryl/α,β-unsaturated/α-hetero) is 1. The first-order chi connectivity index (χ1) is 17.8. The van der Waals surface area contributed by atoms with Gasteiger partial charge in [-0.05, 0) is 67.3 Å². The summed E-state index contributed by atoms with van der Waals surface area (Å²) < 4.78 is 11.3. The van der Waals surface area contributed by atoms with Gasteiger partial charge in [0.2, 0.25) is 0 Å². The van der Waals surface area contributed by atoms with Gasteiger partial charge in [0.05, 0.1) is 12.2 Å². The predicted molar refractivity (Wildman–Crippen MR) is 147 cm³/mol. The monoisotopic (exact) mass is 541 g/mol. The Balaban J connectivity index is 1.75. The van der Waals surface area contributed by atoms with Gasteiger partial charge in [0.25, 0.3) is 0 Å². The fourth-order valence-electron chi connectivity index (χ4n) is 5.01. The topological polar surface area (TPSA) is 84.9 Å². The number of phenolic OH excluding ortho intramolecular Hbond substituents is 1. The van der Waals surface area contributed by atoms with Crippen molar-refractivity contribution in [1.29, 1.82) is 0 Å². The highest BCUT2D eigenvalue weighted by Crippen LogP contribution is 2.47. The lowest BCUT2D eigenvalue weighted by Crippen LogP contribution is -2.36. The van der Waals surface area contributed by atoms with Crippen LogP contribution in [0.15, 0.2) is 65.0 Å². The summed E-state index contributed by atoms with van der Waals surface area (Å²) in [4.78, 5) is 27.1. The number of hydrogen-bond donors (Lipinski definition) is 2. The standard InChI is InChI=1S/C29H32ClNO5S/c1-4-35-25-16-19(8-11-23(25)32)27-26(29(34)36-12-13-37-5-2)17(3)31-22-14-20(15-24(33)28(22)27)18-6-9-21(30)10-7-18/h6-11,16,20,27,31-32H,4-5,12-15H2,1-3H3/t20-,27-/m0/s1. The minimum absolute atomic E-state index is 0.00263. The molecule has 4 rings (SSSR count). The smallest absolute Gasteiger partial charge is 0.336 e. The van der Waals surface area contributed by atoms with Crippen molar-refractivity contribution in [2.45, 2.75) is 45.4 Å². The van der Waals surface area contributed by atoms with Gasteiger partial charge < -0.3 is 19.9 Å². The van der Waals surface area contributed by atoms with Crippen molar-refractivity contribution in [2.24, 2.45) is 0 Å². The number of halogens is 1. The molecule has 1 heterocycles. The van der Waals surface area contributed by atoms with Gasteiger partial charge in [0.15, 0.2) is 17.3 Å². The number of hydrogen-bond acceptors (Lipinski definition) is 7. The molecular weight excluding hydrogens is 510 g/mol. The van der Waals surface area contributed by atoms with E-state index in [0.29, 0.717) is 65.0 Å². The number of aromatic hydroxyl groups is 1. The minimum atomic E-state index is -0.624. The lowest BCUT2D eigenvalue weighted by Gasteiger charge is -2.36. The summed E-state index contributed by atoms with van der Waals surface area (Å²) in [5.41, 5.74) is 4.19. The Bertz CT molecular complexity index is 1240. The molecule has 6 nitrogen and oxygen atoms in total. The van der Waals surface area contributed by atoms with Gasteiger partial charge >= 0.3 is 5.97 Å². The minimum Gasteiger partial charge on any atom is -0.504 e. The van der Waals surface area contributed by atoms with Crippen LogP contribution < -0.4 is 10.1 Å². The summed E-state index contributed by atoms with van der Waals surface area (Å²) in [5.74, 6) is 0.873.